The Labute approximate surface area is 194 Å². The van der Waals surface area contributed by atoms with Crippen LogP contribution in [0.1, 0.15) is 23.6 Å². The van der Waals surface area contributed by atoms with E-state index in [2.05, 4.69) is 57.4 Å². The van der Waals surface area contributed by atoms with Gasteiger partial charge in [0, 0.05) is 37.1 Å². The van der Waals surface area contributed by atoms with E-state index in [1.807, 2.05) is 30.7 Å². The molecule has 29 heavy (non-hydrogen) atoms. The molecular formula is C22H27ClIN5. The first-order valence-corrected chi connectivity index (χ1v) is 9.91. The number of hydrogen-bond donors (Lipinski definition) is 2. The predicted molar refractivity (Wildman–Crippen MR) is 131 cm³/mol. The minimum Gasteiger partial charge on any atom is -0.357 e. The van der Waals surface area contributed by atoms with E-state index in [1.54, 1.807) is 6.20 Å². The molecule has 3 rings (SSSR count). The van der Waals surface area contributed by atoms with E-state index in [1.165, 1.54) is 16.7 Å². The highest BCUT2D eigenvalue weighted by Gasteiger charge is 2.00. The van der Waals surface area contributed by atoms with Crippen molar-refractivity contribution in [1.82, 2.24) is 20.2 Å². The molecule has 154 valence electrons. The first-order chi connectivity index (χ1) is 13.7. The standard InChI is InChI=1S/C22H26ClN5.HI/c1-2-25-22(26-11-10-18-4-3-5-21(23)14-18)27-15-19-6-8-20(9-7-19)16-28-13-12-24-17-28;/h3-9,12-14,17H,2,10-11,15-16H2,1H3,(H2,25,26,27);1H. The van der Waals surface area contributed by atoms with Gasteiger partial charge in [0.15, 0.2) is 5.96 Å². The van der Waals surface area contributed by atoms with Crippen LogP contribution in [0.25, 0.3) is 0 Å². The van der Waals surface area contributed by atoms with Gasteiger partial charge in [-0.3, -0.25) is 0 Å². The molecule has 1 aromatic heterocycles. The molecule has 0 saturated carbocycles. The van der Waals surface area contributed by atoms with Gasteiger partial charge < -0.3 is 15.2 Å². The largest absolute Gasteiger partial charge is 0.357 e. The Morgan fingerprint density at radius 3 is 2.55 bits per heavy atom. The summed E-state index contributed by atoms with van der Waals surface area (Å²) in [7, 11) is 0. The van der Waals surface area contributed by atoms with Gasteiger partial charge in [-0.15, -0.1) is 24.0 Å². The van der Waals surface area contributed by atoms with Crippen molar-refractivity contribution in [3.8, 4) is 0 Å². The molecule has 0 atom stereocenters. The van der Waals surface area contributed by atoms with Gasteiger partial charge in [0.05, 0.1) is 12.9 Å². The lowest BCUT2D eigenvalue weighted by atomic mass is 10.1. The molecule has 0 aliphatic rings. The van der Waals surface area contributed by atoms with Crippen molar-refractivity contribution >= 4 is 41.5 Å². The number of nitrogens with one attached hydrogen (secondary N) is 2. The number of guanidine groups is 1. The molecule has 0 aliphatic carbocycles. The number of rotatable bonds is 8. The van der Waals surface area contributed by atoms with Crippen molar-refractivity contribution in [3.63, 3.8) is 0 Å². The maximum absolute atomic E-state index is 6.04. The molecule has 0 amide bonds. The molecule has 0 fully saturated rings. The number of nitrogens with zero attached hydrogens (tertiary/aromatic N) is 3. The normalized spacial score (nSPS) is 11.0. The van der Waals surface area contributed by atoms with Crippen LogP contribution in [0.15, 0.2) is 72.2 Å². The van der Waals surface area contributed by atoms with Gasteiger partial charge in [0.25, 0.3) is 0 Å². The molecule has 0 spiro atoms. The van der Waals surface area contributed by atoms with Crippen LogP contribution in [0.3, 0.4) is 0 Å². The third kappa shape index (κ3) is 8.06. The van der Waals surface area contributed by atoms with Crippen molar-refractivity contribution in [1.29, 1.82) is 0 Å². The van der Waals surface area contributed by atoms with Crippen molar-refractivity contribution in [2.24, 2.45) is 4.99 Å². The van der Waals surface area contributed by atoms with Gasteiger partial charge in [-0.1, -0.05) is 48.0 Å². The smallest absolute Gasteiger partial charge is 0.191 e. The third-order valence-electron chi connectivity index (χ3n) is 4.31. The Morgan fingerprint density at radius 2 is 1.86 bits per heavy atom. The Morgan fingerprint density at radius 1 is 1.07 bits per heavy atom. The van der Waals surface area contributed by atoms with Crippen LogP contribution in [0.5, 0.6) is 0 Å². The molecule has 2 N–H and O–H groups in total. The van der Waals surface area contributed by atoms with Crippen LogP contribution in [0, 0.1) is 0 Å². The number of hydrogen-bond acceptors (Lipinski definition) is 2. The van der Waals surface area contributed by atoms with Gasteiger partial charge in [-0.25, -0.2) is 9.98 Å². The van der Waals surface area contributed by atoms with E-state index < -0.39 is 0 Å². The van der Waals surface area contributed by atoms with Crippen LogP contribution < -0.4 is 10.6 Å². The molecule has 7 heteroatoms. The summed E-state index contributed by atoms with van der Waals surface area (Å²) in [5.41, 5.74) is 3.64. The topological polar surface area (TPSA) is 54.2 Å². The average molecular weight is 524 g/mol. The van der Waals surface area contributed by atoms with Gasteiger partial charge in [0.2, 0.25) is 0 Å². The molecule has 0 bridgehead atoms. The number of aromatic nitrogens is 2. The second-order valence-corrected chi connectivity index (χ2v) is 6.99. The molecule has 0 saturated heterocycles. The highest BCUT2D eigenvalue weighted by Crippen LogP contribution is 2.11. The van der Waals surface area contributed by atoms with Gasteiger partial charge in [0.1, 0.15) is 0 Å². The summed E-state index contributed by atoms with van der Waals surface area (Å²) >= 11 is 6.04. The highest BCUT2D eigenvalue weighted by molar-refractivity contribution is 14.0. The van der Waals surface area contributed by atoms with E-state index in [-0.39, 0.29) is 24.0 Å². The SMILES string of the molecule is CCNC(=NCc1ccc(Cn2ccnc2)cc1)NCCc1cccc(Cl)c1.I. The Bertz CT molecular complexity index is 878. The number of halogens is 2. The van der Waals surface area contributed by atoms with Crippen LogP contribution >= 0.6 is 35.6 Å². The molecule has 5 nitrogen and oxygen atoms in total. The summed E-state index contributed by atoms with van der Waals surface area (Å²) in [6.07, 6.45) is 6.49. The first kappa shape index (κ1) is 23.2. The molecule has 1 heterocycles. The van der Waals surface area contributed by atoms with Crippen LogP contribution in [-0.4, -0.2) is 28.6 Å². The average Bonchev–Trinajstić information content (AvgIpc) is 3.20. The lowest BCUT2D eigenvalue weighted by Crippen LogP contribution is -2.38. The summed E-state index contributed by atoms with van der Waals surface area (Å²) in [6, 6.07) is 16.5. The van der Waals surface area contributed by atoms with E-state index >= 15 is 0 Å². The fourth-order valence-corrected chi connectivity index (χ4v) is 3.08. The lowest BCUT2D eigenvalue weighted by molar-refractivity contribution is 0.794. The minimum atomic E-state index is 0. The van der Waals surface area contributed by atoms with Gasteiger partial charge >= 0.3 is 0 Å². The predicted octanol–water partition coefficient (Wildman–Crippen LogP) is 4.50. The summed E-state index contributed by atoms with van der Waals surface area (Å²) in [5, 5.41) is 7.45. The maximum atomic E-state index is 6.04. The van der Waals surface area contributed by atoms with Gasteiger partial charge in [-0.2, -0.15) is 0 Å². The molecule has 0 unspecified atom stereocenters. The van der Waals surface area contributed by atoms with E-state index in [9.17, 15) is 0 Å². The van der Waals surface area contributed by atoms with Gasteiger partial charge in [-0.05, 0) is 42.2 Å². The Hall–Kier alpha value is -2.06. The van der Waals surface area contributed by atoms with E-state index in [0.29, 0.717) is 6.54 Å². The van der Waals surface area contributed by atoms with Crippen molar-refractivity contribution in [2.75, 3.05) is 13.1 Å². The number of aliphatic imine (C=N–C) groups is 1. The summed E-state index contributed by atoms with van der Waals surface area (Å²) in [4.78, 5) is 8.77. The van der Waals surface area contributed by atoms with Crippen LogP contribution in [-0.2, 0) is 19.5 Å². The summed E-state index contributed by atoms with van der Waals surface area (Å²) < 4.78 is 2.06. The first-order valence-electron chi connectivity index (χ1n) is 9.53. The fourth-order valence-electron chi connectivity index (χ4n) is 2.87. The van der Waals surface area contributed by atoms with Crippen LogP contribution in [0.4, 0.5) is 0 Å². The van der Waals surface area contributed by atoms with E-state index in [4.69, 9.17) is 16.6 Å². The molecule has 0 aliphatic heterocycles. The quantitative estimate of drug-likeness (QED) is 0.260. The second-order valence-electron chi connectivity index (χ2n) is 6.55. The molecule has 3 aromatic rings. The Kier molecular flexibility index (Phi) is 10.0. The minimum absolute atomic E-state index is 0. The summed E-state index contributed by atoms with van der Waals surface area (Å²) in [5.74, 6) is 0.826. The maximum Gasteiger partial charge on any atom is 0.191 e. The third-order valence-corrected chi connectivity index (χ3v) is 4.54. The monoisotopic (exact) mass is 523 g/mol. The highest BCUT2D eigenvalue weighted by atomic mass is 127. The molecule has 2 aromatic carbocycles. The molecular weight excluding hydrogens is 497 g/mol. The number of benzene rings is 2. The van der Waals surface area contributed by atoms with Crippen molar-refractivity contribution < 1.29 is 0 Å². The summed E-state index contributed by atoms with van der Waals surface area (Å²) in [6.45, 7) is 5.16. The Balaban J connectivity index is 0.00000300. The van der Waals surface area contributed by atoms with Crippen molar-refractivity contribution in [3.05, 3.63) is 89.0 Å². The second kappa shape index (κ2) is 12.5. The molecule has 0 radical (unpaired) electrons. The zero-order valence-corrected chi connectivity index (χ0v) is 19.6. The zero-order valence-electron chi connectivity index (χ0n) is 16.5. The zero-order chi connectivity index (χ0) is 19.6. The fraction of sp³-hybridized carbons (Fsp3) is 0.273. The number of imidazole rings is 1. The lowest BCUT2D eigenvalue weighted by Gasteiger charge is -2.11. The van der Waals surface area contributed by atoms with E-state index in [0.717, 1.165) is 37.0 Å². The van der Waals surface area contributed by atoms with Crippen molar-refractivity contribution in [2.45, 2.75) is 26.4 Å². The van der Waals surface area contributed by atoms with Crippen LogP contribution in [0.2, 0.25) is 5.02 Å².